The van der Waals surface area contributed by atoms with Crippen LogP contribution in [0.15, 0.2) is 23.2 Å². The summed E-state index contributed by atoms with van der Waals surface area (Å²) in [4.78, 5) is 6.27. The number of benzene rings is 1. The lowest BCUT2D eigenvalue weighted by Gasteiger charge is -2.24. The predicted octanol–water partition coefficient (Wildman–Crippen LogP) is 4.54. The van der Waals surface area contributed by atoms with Crippen LogP contribution < -0.4 is 10.1 Å². The number of hydrogen-bond acceptors (Lipinski definition) is 3. The highest BCUT2D eigenvalue weighted by atomic mass is 127. The van der Waals surface area contributed by atoms with E-state index in [4.69, 9.17) is 9.47 Å². The van der Waals surface area contributed by atoms with Crippen molar-refractivity contribution in [2.24, 2.45) is 10.9 Å². The fourth-order valence-electron chi connectivity index (χ4n) is 3.29. The first kappa shape index (κ1) is 25.8. The second-order valence-corrected chi connectivity index (χ2v) is 7.99. The molecule has 0 radical (unpaired) electrons. The number of nitrogens with one attached hydrogen (secondary N) is 1. The van der Waals surface area contributed by atoms with Crippen LogP contribution in [0.25, 0.3) is 0 Å². The molecule has 166 valence electrons. The zero-order chi connectivity index (χ0) is 20.9. The van der Waals surface area contributed by atoms with E-state index in [0.29, 0.717) is 18.5 Å². The number of halogens is 4. The van der Waals surface area contributed by atoms with Crippen LogP contribution in [-0.2, 0) is 17.5 Å². The van der Waals surface area contributed by atoms with Gasteiger partial charge in [-0.1, -0.05) is 6.07 Å². The van der Waals surface area contributed by atoms with E-state index in [1.165, 1.54) is 6.07 Å². The summed E-state index contributed by atoms with van der Waals surface area (Å²) in [6.07, 6.45) is -3.49. The molecule has 1 heterocycles. The number of methoxy groups -OCH3 is 1. The minimum absolute atomic E-state index is 0. The molecule has 0 bridgehead atoms. The van der Waals surface area contributed by atoms with Gasteiger partial charge in [0, 0.05) is 39.7 Å². The Kier molecular flexibility index (Phi) is 9.52. The maximum Gasteiger partial charge on any atom is 0.416 e. The van der Waals surface area contributed by atoms with Gasteiger partial charge in [-0.25, -0.2) is 0 Å². The predicted molar refractivity (Wildman–Crippen MR) is 119 cm³/mol. The van der Waals surface area contributed by atoms with Gasteiger partial charge < -0.3 is 19.7 Å². The van der Waals surface area contributed by atoms with Gasteiger partial charge in [0.1, 0.15) is 11.4 Å². The number of rotatable bonds is 5. The molecule has 1 aromatic rings. The molecule has 1 N–H and O–H groups in total. The molecule has 9 heteroatoms. The molecule has 1 aliphatic rings. The first-order chi connectivity index (χ1) is 13.0. The maximum absolute atomic E-state index is 13.6. The molecular weight excluding hydrogens is 498 g/mol. The van der Waals surface area contributed by atoms with Crippen LogP contribution in [0.5, 0.6) is 5.75 Å². The molecule has 1 saturated heterocycles. The van der Waals surface area contributed by atoms with Crippen LogP contribution in [0.1, 0.15) is 38.3 Å². The normalized spacial score (nSPS) is 17.9. The molecule has 1 aliphatic heterocycles. The van der Waals surface area contributed by atoms with Crippen molar-refractivity contribution in [2.75, 3.05) is 33.9 Å². The first-order valence-electron chi connectivity index (χ1n) is 9.37. The van der Waals surface area contributed by atoms with Gasteiger partial charge in [-0.2, -0.15) is 13.2 Å². The Morgan fingerprint density at radius 2 is 1.97 bits per heavy atom. The summed E-state index contributed by atoms with van der Waals surface area (Å²) >= 11 is 0. The fraction of sp³-hybridized carbons (Fsp3) is 0.650. The van der Waals surface area contributed by atoms with Crippen molar-refractivity contribution in [2.45, 2.75) is 45.5 Å². The van der Waals surface area contributed by atoms with Gasteiger partial charge in [-0.15, -0.1) is 24.0 Å². The van der Waals surface area contributed by atoms with Crippen molar-refractivity contribution in [1.29, 1.82) is 0 Å². The van der Waals surface area contributed by atoms with Crippen LogP contribution in [0.4, 0.5) is 13.2 Å². The zero-order valence-corrected chi connectivity index (χ0v) is 19.9. The van der Waals surface area contributed by atoms with Gasteiger partial charge >= 0.3 is 6.18 Å². The summed E-state index contributed by atoms with van der Waals surface area (Å²) < 4.78 is 51.5. The molecule has 0 aliphatic carbocycles. The number of alkyl halides is 3. The number of hydrogen-bond donors (Lipinski definition) is 1. The van der Waals surface area contributed by atoms with Crippen molar-refractivity contribution >= 4 is 29.9 Å². The second-order valence-electron chi connectivity index (χ2n) is 7.99. The standard InChI is InChI=1S/C20H30F3N3O2.HI/c1-19(2,3)28-16-7-6-15(17(10-16)20(21,22)23)11-25-18(24-4)26-9-8-14(12-26)13-27-5;/h6-7,10,14H,8-9,11-13H2,1-5H3,(H,24,25);1H. The van der Waals surface area contributed by atoms with Crippen LogP contribution in [0.2, 0.25) is 0 Å². The van der Waals surface area contributed by atoms with Crippen LogP contribution in [-0.4, -0.2) is 50.3 Å². The molecule has 2 rings (SSSR count). The second kappa shape index (κ2) is 10.7. The third-order valence-electron chi connectivity index (χ3n) is 4.45. The maximum atomic E-state index is 13.6. The summed E-state index contributed by atoms with van der Waals surface area (Å²) in [6, 6.07) is 4.10. The van der Waals surface area contributed by atoms with Gasteiger partial charge in [0.2, 0.25) is 0 Å². The quantitative estimate of drug-likeness (QED) is 0.346. The number of guanidine groups is 1. The van der Waals surface area contributed by atoms with Gasteiger partial charge in [0.15, 0.2) is 5.96 Å². The monoisotopic (exact) mass is 529 g/mol. The lowest BCUT2D eigenvalue weighted by Crippen LogP contribution is -2.40. The highest BCUT2D eigenvalue weighted by Gasteiger charge is 2.34. The largest absolute Gasteiger partial charge is 0.488 e. The summed E-state index contributed by atoms with van der Waals surface area (Å²) in [7, 11) is 3.30. The van der Waals surface area contributed by atoms with Gasteiger partial charge in [-0.3, -0.25) is 4.99 Å². The molecular formula is C20H31F3IN3O2. The summed E-state index contributed by atoms with van der Waals surface area (Å²) in [5, 5.41) is 3.06. The van der Waals surface area contributed by atoms with Crippen LogP contribution in [0.3, 0.4) is 0 Å². The molecule has 1 fully saturated rings. The number of likely N-dealkylation sites (tertiary alicyclic amines) is 1. The molecule has 0 amide bonds. The first-order valence-corrected chi connectivity index (χ1v) is 9.37. The SMILES string of the molecule is CN=C(NCc1ccc(OC(C)(C)C)cc1C(F)(F)F)N1CCC(COC)C1.I. The molecule has 5 nitrogen and oxygen atoms in total. The van der Waals surface area contributed by atoms with Crippen molar-refractivity contribution in [3.05, 3.63) is 29.3 Å². The van der Waals surface area contributed by atoms with E-state index in [2.05, 4.69) is 10.3 Å². The Bertz CT molecular complexity index is 691. The van der Waals surface area contributed by atoms with Gasteiger partial charge in [-0.05, 0) is 44.9 Å². The molecule has 29 heavy (non-hydrogen) atoms. The summed E-state index contributed by atoms with van der Waals surface area (Å²) in [5.74, 6) is 1.21. The van der Waals surface area contributed by atoms with Crippen LogP contribution in [0, 0.1) is 5.92 Å². The lowest BCUT2D eigenvalue weighted by molar-refractivity contribution is -0.138. The van der Waals surface area contributed by atoms with Gasteiger partial charge in [0.25, 0.3) is 0 Å². The molecule has 0 saturated carbocycles. The van der Waals surface area contributed by atoms with Crippen LogP contribution >= 0.6 is 24.0 Å². The third-order valence-corrected chi connectivity index (χ3v) is 4.45. The number of nitrogens with zero attached hydrogens (tertiary/aromatic N) is 2. The lowest BCUT2D eigenvalue weighted by atomic mass is 10.1. The molecule has 1 atom stereocenters. The van der Waals surface area contributed by atoms with E-state index in [1.54, 1.807) is 41.0 Å². The number of aliphatic imine (C=N–C) groups is 1. The smallest absolute Gasteiger partial charge is 0.416 e. The zero-order valence-electron chi connectivity index (χ0n) is 17.6. The van der Waals surface area contributed by atoms with Crippen molar-refractivity contribution in [1.82, 2.24) is 10.2 Å². The molecule has 1 unspecified atom stereocenters. The van der Waals surface area contributed by atoms with E-state index < -0.39 is 17.3 Å². The van der Waals surface area contributed by atoms with Crippen molar-refractivity contribution in [3.8, 4) is 5.75 Å². The van der Waals surface area contributed by atoms with E-state index >= 15 is 0 Å². The fourth-order valence-corrected chi connectivity index (χ4v) is 3.29. The summed E-state index contributed by atoms with van der Waals surface area (Å²) in [5.41, 5.74) is -1.11. The van der Waals surface area contributed by atoms with E-state index in [-0.39, 0.29) is 41.8 Å². The Labute approximate surface area is 188 Å². The Hall–Kier alpha value is -1.23. The molecule has 1 aromatic carbocycles. The Morgan fingerprint density at radius 3 is 2.52 bits per heavy atom. The van der Waals surface area contributed by atoms with Gasteiger partial charge in [0.05, 0.1) is 12.2 Å². The minimum Gasteiger partial charge on any atom is -0.488 e. The molecule has 0 spiro atoms. The van der Waals surface area contributed by atoms with E-state index in [9.17, 15) is 13.2 Å². The summed E-state index contributed by atoms with van der Waals surface area (Å²) in [6.45, 7) is 7.67. The van der Waals surface area contributed by atoms with Crippen molar-refractivity contribution < 1.29 is 22.6 Å². The topological polar surface area (TPSA) is 46.1 Å². The average Bonchev–Trinajstić information content (AvgIpc) is 3.03. The number of ether oxygens (including phenoxy) is 2. The molecule has 0 aromatic heterocycles. The Balaban J connectivity index is 0.00000420. The highest BCUT2D eigenvalue weighted by Crippen LogP contribution is 2.35. The highest BCUT2D eigenvalue weighted by molar-refractivity contribution is 14.0. The third kappa shape index (κ3) is 7.84. The Morgan fingerprint density at radius 1 is 1.28 bits per heavy atom. The van der Waals surface area contributed by atoms with E-state index in [1.807, 2.05) is 4.90 Å². The average molecular weight is 529 g/mol. The van der Waals surface area contributed by atoms with E-state index in [0.717, 1.165) is 25.6 Å². The van der Waals surface area contributed by atoms with Crippen molar-refractivity contribution in [3.63, 3.8) is 0 Å². The minimum atomic E-state index is -4.46.